The summed E-state index contributed by atoms with van der Waals surface area (Å²) in [7, 11) is 1.71. The number of benzene rings is 2. The minimum absolute atomic E-state index is 0.256. The van der Waals surface area contributed by atoms with Gasteiger partial charge in [-0.05, 0) is 55.2 Å². The number of nitrogens with zero attached hydrogens (tertiary/aromatic N) is 1. The molecule has 31 heavy (non-hydrogen) atoms. The first kappa shape index (κ1) is 21.3. The third-order valence-electron chi connectivity index (χ3n) is 5.79. The van der Waals surface area contributed by atoms with Crippen molar-refractivity contribution in [2.24, 2.45) is 0 Å². The van der Waals surface area contributed by atoms with E-state index < -0.39 is 0 Å². The Balaban J connectivity index is 1.52. The summed E-state index contributed by atoms with van der Waals surface area (Å²) in [5.41, 5.74) is 4.56. The molecular formula is C26H31N3O2. The predicted molar refractivity (Wildman–Crippen MR) is 125 cm³/mol. The van der Waals surface area contributed by atoms with Crippen LogP contribution in [0.5, 0.6) is 5.75 Å². The number of rotatable bonds is 9. The molecule has 5 nitrogen and oxygen atoms in total. The van der Waals surface area contributed by atoms with Crippen LogP contribution in [0, 0.1) is 0 Å². The third-order valence-corrected chi connectivity index (χ3v) is 5.79. The van der Waals surface area contributed by atoms with Gasteiger partial charge in [-0.3, -0.25) is 0 Å². The summed E-state index contributed by atoms with van der Waals surface area (Å²) in [4.78, 5) is 4.60. The molecule has 0 radical (unpaired) electrons. The van der Waals surface area contributed by atoms with E-state index in [1.165, 1.54) is 11.1 Å². The average Bonchev–Trinajstić information content (AvgIpc) is 3.35. The molecule has 5 heteroatoms. The van der Waals surface area contributed by atoms with Gasteiger partial charge < -0.3 is 20.1 Å². The number of pyridine rings is 1. The lowest BCUT2D eigenvalue weighted by molar-refractivity contribution is 0.120. The molecule has 0 aliphatic carbocycles. The standard InChI is InChI=1S/C26H31N3O2/c1-19(21-8-4-3-5-9-21)28-17-20-12-13-25(30-2)24(16-20)23-11-6-14-27-26(23)29-18-22-10-7-15-31-22/h3-6,8-9,11-14,16,19,22,28H,7,10,15,17-18H2,1-2H3,(H,27,29)/t19-,22?/m1/s1. The van der Waals surface area contributed by atoms with Crippen molar-refractivity contribution in [3.8, 4) is 16.9 Å². The van der Waals surface area contributed by atoms with Gasteiger partial charge in [-0.1, -0.05) is 36.4 Å². The molecule has 1 saturated heterocycles. The van der Waals surface area contributed by atoms with Crippen LogP contribution in [0.4, 0.5) is 5.82 Å². The fraction of sp³-hybridized carbons (Fsp3) is 0.346. The molecule has 0 spiro atoms. The van der Waals surface area contributed by atoms with Gasteiger partial charge in [0.15, 0.2) is 0 Å². The van der Waals surface area contributed by atoms with Crippen molar-refractivity contribution in [1.29, 1.82) is 0 Å². The first-order chi connectivity index (χ1) is 15.2. The fourth-order valence-corrected chi connectivity index (χ4v) is 3.99. The molecular weight excluding hydrogens is 386 g/mol. The molecule has 1 aliphatic rings. The molecule has 162 valence electrons. The lowest BCUT2D eigenvalue weighted by atomic mass is 10.0. The molecule has 2 aromatic carbocycles. The minimum Gasteiger partial charge on any atom is -0.496 e. The number of anilines is 1. The normalized spacial score (nSPS) is 16.8. The van der Waals surface area contributed by atoms with E-state index in [-0.39, 0.29) is 12.1 Å². The van der Waals surface area contributed by atoms with Gasteiger partial charge in [-0.25, -0.2) is 4.98 Å². The zero-order valence-corrected chi connectivity index (χ0v) is 18.3. The molecule has 4 rings (SSSR count). The maximum atomic E-state index is 5.75. The number of hydrogen-bond donors (Lipinski definition) is 2. The van der Waals surface area contributed by atoms with E-state index in [1.54, 1.807) is 7.11 Å². The summed E-state index contributed by atoms with van der Waals surface area (Å²) in [6, 6.07) is 21.2. The van der Waals surface area contributed by atoms with Crippen molar-refractivity contribution in [3.63, 3.8) is 0 Å². The van der Waals surface area contributed by atoms with E-state index in [4.69, 9.17) is 9.47 Å². The number of methoxy groups -OCH3 is 1. The molecule has 0 amide bonds. The Hall–Kier alpha value is -2.89. The van der Waals surface area contributed by atoms with Crippen LogP contribution in [0.2, 0.25) is 0 Å². The summed E-state index contributed by atoms with van der Waals surface area (Å²) < 4.78 is 11.4. The molecule has 2 atom stereocenters. The summed E-state index contributed by atoms with van der Waals surface area (Å²) >= 11 is 0. The van der Waals surface area contributed by atoms with Gasteiger partial charge in [0.25, 0.3) is 0 Å². The highest BCUT2D eigenvalue weighted by Gasteiger charge is 2.17. The Labute approximate surface area is 184 Å². The highest BCUT2D eigenvalue weighted by atomic mass is 16.5. The van der Waals surface area contributed by atoms with Crippen LogP contribution in [-0.2, 0) is 11.3 Å². The first-order valence-electron chi connectivity index (χ1n) is 11.0. The Morgan fingerprint density at radius 1 is 1.10 bits per heavy atom. The van der Waals surface area contributed by atoms with Crippen LogP contribution in [0.1, 0.15) is 36.9 Å². The van der Waals surface area contributed by atoms with Crippen molar-refractivity contribution in [2.75, 3.05) is 25.6 Å². The second-order valence-corrected chi connectivity index (χ2v) is 7.96. The second-order valence-electron chi connectivity index (χ2n) is 7.96. The van der Waals surface area contributed by atoms with Crippen LogP contribution in [-0.4, -0.2) is 31.3 Å². The van der Waals surface area contributed by atoms with Gasteiger partial charge in [0, 0.05) is 43.1 Å². The van der Waals surface area contributed by atoms with Crippen molar-refractivity contribution >= 4 is 5.82 Å². The van der Waals surface area contributed by atoms with Crippen molar-refractivity contribution in [3.05, 3.63) is 78.0 Å². The van der Waals surface area contributed by atoms with Crippen LogP contribution in [0.3, 0.4) is 0 Å². The monoisotopic (exact) mass is 417 g/mol. The Kier molecular flexibility index (Phi) is 7.18. The second kappa shape index (κ2) is 10.4. The lowest BCUT2D eigenvalue weighted by Crippen LogP contribution is -2.19. The molecule has 2 N–H and O–H groups in total. The molecule has 1 unspecified atom stereocenters. The highest BCUT2D eigenvalue weighted by molar-refractivity contribution is 5.80. The SMILES string of the molecule is COc1ccc(CN[C@H](C)c2ccccc2)cc1-c1cccnc1NCC1CCCO1. The van der Waals surface area contributed by atoms with Gasteiger partial charge in [0.1, 0.15) is 11.6 Å². The maximum absolute atomic E-state index is 5.75. The molecule has 1 aliphatic heterocycles. The quantitative estimate of drug-likeness (QED) is 0.501. The van der Waals surface area contributed by atoms with Crippen molar-refractivity contribution in [2.45, 2.75) is 38.5 Å². The summed E-state index contributed by atoms with van der Waals surface area (Å²) in [5.74, 6) is 1.70. The smallest absolute Gasteiger partial charge is 0.134 e. The highest BCUT2D eigenvalue weighted by Crippen LogP contribution is 2.35. The van der Waals surface area contributed by atoms with E-state index in [0.29, 0.717) is 0 Å². The van der Waals surface area contributed by atoms with Gasteiger partial charge in [0.2, 0.25) is 0 Å². The molecule has 1 fully saturated rings. The largest absolute Gasteiger partial charge is 0.496 e. The van der Waals surface area contributed by atoms with Gasteiger partial charge in [-0.15, -0.1) is 0 Å². The number of hydrogen-bond acceptors (Lipinski definition) is 5. The topological polar surface area (TPSA) is 55.4 Å². The van der Waals surface area contributed by atoms with Crippen molar-refractivity contribution in [1.82, 2.24) is 10.3 Å². The molecule has 1 aromatic heterocycles. The lowest BCUT2D eigenvalue weighted by Gasteiger charge is -2.18. The van der Waals surface area contributed by atoms with E-state index in [1.807, 2.05) is 24.4 Å². The van der Waals surface area contributed by atoms with E-state index in [9.17, 15) is 0 Å². The van der Waals surface area contributed by atoms with Crippen LogP contribution >= 0.6 is 0 Å². The minimum atomic E-state index is 0.256. The zero-order chi connectivity index (χ0) is 21.5. The number of nitrogens with one attached hydrogen (secondary N) is 2. The summed E-state index contributed by atoms with van der Waals surface area (Å²) in [6.07, 6.45) is 4.30. The van der Waals surface area contributed by atoms with Gasteiger partial charge in [0.05, 0.1) is 13.2 Å². The Morgan fingerprint density at radius 3 is 2.74 bits per heavy atom. The molecule has 2 heterocycles. The van der Waals surface area contributed by atoms with E-state index in [0.717, 1.165) is 55.2 Å². The number of aromatic nitrogens is 1. The maximum Gasteiger partial charge on any atom is 0.134 e. The molecule has 0 saturated carbocycles. The average molecular weight is 418 g/mol. The van der Waals surface area contributed by atoms with Gasteiger partial charge >= 0.3 is 0 Å². The summed E-state index contributed by atoms with van der Waals surface area (Å²) in [6.45, 7) is 4.58. The fourth-order valence-electron chi connectivity index (χ4n) is 3.99. The Morgan fingerprint density at radius 2 is 1.97 bits per heavy atom. The molecule has 3 aromatic rings. The van der Waals surface area contributed by atoms with Crippen LogP contribution < -0.4 is 15.4 Å². The first-order valence-corrected chi connectivity index (χ1v) is 11.0. The van der Waals surface area contributed by atoms with Crippen LogP contribution in [0.25, 0.3) is 11.1 Å². The van der Waals surface area contributed by atoms with Crippen molar-refractivity contribution < 1.29 is 9.47 Å². The van der Waals surface area contributed by atoms with Crippen LogP contribution in [0.15, 0.2) is 66.9 Å². The van der Waals surface area contributed by atoms with Gasteiger partial charge in [-0.2, -0.15) is 0 Å². The Bertz CT molecular complexity index is 971. The van der Waals surface area contributed by atoms with E-state index in [2.05, 4.69) is 65.0 Å². The van der Waals surface area contributed by atoms with E-state index >= 15 is 0 Å². The zero-order valence-electron chi connectivity index (χ0n) is 18.3. The molecule has 0 bridgehead atoms. The summed E-state index contributed by atoms with van der Waals surface area (Å²) in [5, 5.41) is 7.11. The number of ether oxygens (including phenoxy) is 2. The predicted octanol–water partition coefficient (Wildman–Crippen LogP) is 5.20. The third kappa shape index (κ3) is 5.43.